The Morgan fingerprint density at radius 1 is 0.966 bits per heavy atom. The van der Waals surface area contributed by atoms with Gasteiger partial charge in [-0.1, -0.05) is 65.5 Å². The molecule has 29 heavy (non-hydrogen) atoms. The predicted octanol–water partition coefficient (Wildman–Crippen LogP) is 7.64. The lowest BCUT2D eigenvalue weighted by Crippen LogP contribution is -2.50. The van der Waals surface area contributed by atoms with Crippen LogP contribution in [0.3, 0.4) is 0 Å². The maximum atomic E-state index is 9.49. The average molecular weight is 401 g/mol. The molecule has 166 valence electrons. The van der Waals surface area contributed by atoms with Crippen molar-refractivity contribution >= 4 is 0 Å². The van der Waals surface area contributed by atoms with Gasteiger partial charge in [0, 0.05) is 6.61 Å². The van der Waals surface area contributed by atoms with Gasteiger partial charge >= 0.3 is 0 Å². The van der Waals surface area contributed by atoms with E-state index in [0.717, 1.165) is 29.6 Å². The highest BCUT2D eigenvalue weighted by atomic mass is 16.3. The molecule has 0 spiro atoms. The van der Waals surface area contributed by atoms with Gasteiger partial charge in [0.15, 0.2) is 0 Å². The topological polar surface area (TPSA) is 20.2 Å². The maximum absolute atomic E-state index is 9.49. The minimum atomic E-state index is 0.343. The molecule has 4 aliphatic carbocycles. The third-order valence-electron chi connectivity index (χ3n) is 11.1. The molecule has 4 aliphatic rings. The van der Waals surface area contributed by atoms with E-state index in [1.165, 1.54) is 70.6 Å². The fourth-order valence-electron chi connectivity index (χ4n) is 8.86. The number of fused-ring (bicyclic) bond motifs is 5. The summed E-state index contributed by atoms with van der Waals surface area (Å²) in [6.45, 7) is 12.8. The zero-order valence-corrected chi connectivity index (χ0v) is 20.1. The third kappa shape index (κ3) is 3.66. The molecule has 3 fully saturated rings. The van der Waals surface area contributed by atoms with Crippen molar-refractivity contribution in [3.05, 3.63) is 11.6 Å². The van der Waals surface area contributed by atoms with Crippen LogP contribution in [0.25, 0.3) is 0 Å². The highest BCUT2D eigenvalue weighted by Crippen LogP contribution is 2.67. The van der Waals surface area contributed by atoms with E-state index in [-0.39, 0.29) is 0 Å². The summed E-state index contributed by atoms with van der Waals surface area (Å²) in [4.78, 5) is 0. The van der Waals surface area contributed by atoms with Crippen LogP contribution >= 0.6 is 0 Å². The number of aliphatic hydroxyl groups is 1. The molecule has 1 heteroatoms. The Hall–Kier alpha value is -0.300. The molecule has 1 nitrogen and oxygen atoms in total. The lowest BCUT2D eigenvalue weighted by Gasteiger charge is -2.58. The Bertz CT molecular complexity index is 607. The highest BCUT2D eigenvalue weighted by molar-refractivity contribution is 5.24. The molecule has 0 amide bonds. The first kappa shape index (κ1) is 21.9. The second kappa shape index (κ2) is 8.33. The van der Waals surface area contributed by atoms with Crippen LogP contribution in [0, 0.1) is 52.3 Å². The molecule has 4 rings (SSSR count). The van der Waals surface area contributed by atoms with E-state index < -0.39 is 0 Å². The molecule has 0 heterocycles. The number of hydrogen-bond acceptors (Lipinski definition) is 1. The lowest BCUT2D eigenvalue weighted by atomic mass is 9.47. The van der Waals surface area contributed by atoms with E-state index in [1.54, 1.807) is 0 Å². The van der Waals surface area contributed by atoms with E-state index in [1.807, 2.05) is 5.57 Å². The quantitative estimate of drug-likeness (QED) is 0.454. The fourth-order valence-corrected chi connectivity index (χ4v) is 8.86. The Labute approximate surface area is 181 Å². The van der Waals surface area contributed by atoms with Crippen LogP contribution in [0.1, 0.15) is 105 Å². The summed E-state index contributed by atoms with van der Waals surface area (Å²) in [7, 11) is 0. The largest absolute Gasteiger partial charge is 0.396 e. The Kier molecular flexibility index (Phi) is 6.29. The van der Waals surface area contributed by atoms with Crippen LogP contribution in [0.15, 0.2) is 11.6 Å². The molecule has 0 saturated heterocycles. The van der Waals surface area contributed by atoms with Gasteiger partial charge in [-0.05, 0) is 104 Å². The molecule has 0 aromatic carbocycles. The monoisotopic (exact) mass is 400 g/mol. The van der Waals surface area contributed by atoms with Gasteiger partial charge in [0.25, 0.3) is 0 Å². The van der Waals surface area contributed by atoms with Crippen LogP contribution in [-0.2, 0) is 0 Å². The number of allylic oxidation sites excluding steroid dienone is 2. The van der Waals surface area contributed by atoms with Crippen LogP contribution in [-0.4, -0.2) is 11.7 Å². The van der Waals surface area contributed by atoms with Crippen molar-refractivity contribution in [3.8, 4) is 0 Å². The third-order valence-corrected chi connectivity index (χ3v) is 11.1. The van der Waals surface area contributed by atoms with Gasteiger partial charge in [-0.15, -0.1) is 0 Å². The van der Waals surface area contributed by atoms with Crippen molar-refractivity contribution in [3.63, 3.8) is 0 Å². The van der Waals surface area contributed by atoms with Gasteiger partial charge in [0.05, 0.1) is 0 Å². The molecule has 2 unspecified atom stereocenters. The normalized spacial score (nSPS) is 44.8. The van der Waals surface area contributed by atoms with Crippen molar-refractivity contribution in [2.75, 3.05) is 6.61 Å². The van der Waals surface area contributed by atoms with E-state index in [2.05, 4.69) is 40.7 Å². The van der Waals surface area contributed by atoms with Crippen LogP contribution in [0.5, 0.6) is 0 Å². The van der Waals surface area contributed by atoms with Crippen molar-refractivity contribution < 1.29 is 5.11 Å². The molecular weight excluding hydrogens is 352 g/mol. The van der Waals surface area contributed by atoms with Crippen LogP contribution in [0.4, 0.5) is 0 Å². The van der Waals surface area contributed by atoms with Gasteiger partial charge in [-0.25, -0.2) is 0 Å². The SMILES string of the molecule is CC(CO)C(C)CC[C@@H](C)[C@H]1CC[C@H]2[C@@H]3CC=C4CCCC[C@]4(C)[C@H]3CC[C@]12C. The van der Waals surface area contributed by atoms with Crippen molar-refractivity contribution in [1.29, 1.82) is 0 Å². The van der Waals surface area contributed by atoms with E-state index in [9.17, 15) is 5.11 Å². The molecule has 9 atom stereocenters. The highest BCUT2D eigenvalue weighted by Gasteiger charge is 2.58. The number of aliphatic hydroxyl groups excluding tert-OH is 1. The van der Waals surface area contributed by atoms with Crippen molar-refractivity contribution in [1.82, 2.24) is 0 Å². The summed E-state index contributed by atoms with van der Waals surface area (Å²) >= 11 is 0. The summed E-state index contributed by atoms with van der Waals surface area (Å²) in [6.07, 6.45) is 18.5. The molecule has 3 saturated carbocycles. The van der Waals surface area contributed by atoms with Gasteiger partial charge in [-0.3, -0.25) is 0 Å². The minimum Gasteiger partial charge on any atom is -0.396 e. The van der Waals surface area contributed by atoms with E-state index in [0.29, 0.717) is 29.3 Å². The minimum absolute atomic E-state index is 0.343. The fraction of sp³-hybridized carbons (Fsp3) is 0.929. The maximum Gasteiger partial charge on any atom is 0.0459 e. The number of hydrogen-bond donors (Lipinski definition) is 1. The summed E-state index contributed by atoms with van der Waals surface area (Å²) in [5.41, 5.74) is 2.98. The second-order valence-electron chi connectivity index (χ2n) is 12.4. The average Bonchev–Trinajstić information content (AvgIpc) is 3.08. The van der Waals surface area contributed by atoms with Crippen molar-refractivity contribution in [2.24, 2.45) is 52.3 Å². The summed E-state index contributed by atoms with van der Waals surface area (Å²) in [6, 6.07) is 0. The molecule has 0 bridgehead atoms. The molecule has 0 aliphatic heterocycles. The zero-order chi connectivity index (χ0) is 20.8. The summed E-state index contributed by atoms with van der Waals surface area (Å²) < 4.78 is 0. The Balaban J connectivity index is 1.46. The van der Waals surface area contributed by atoms with E-state index in [4.69, 9.17) is 0 Å². The smallest absolute Gasteiger partial charge is 0.0459 e. The van der Waals surface area contributed by atoms with Crippen molar-refractivity contribution in [2.45, 2.75) is 105 Å². The second-order valence-corrected chi connectivity index (χ2v) is 12.4. The first-order chi connectivity index (χ1) is 13.8. The molecule has 0 radical (unpaired) electrons. The molecule has 0 aromatic heterocycles. The number of rotatable bonds is 6. The zero-order valence-electron chi connectivity index (χ0n) is 20.1. The molecular formula is C28H48O. The molecule has 1 N–H and O–H groups in total. The van der Waals surface area contributed by atoms with Crippen LogP contribution < -0.4 is 0 Å². The lowest BCUT2D eigenvalue weighted by molar-refractivity contribution is -0.0503. The Morgan fingerprint density at radius 2 is 1.76 bits per heavy atom. The van der Waals surface area contributed by atoms with Gasteiger partial charge in [0.1, 0.15) is 0 Å². The molecule has 0 aromatic rings. The van der Waals surface area contributed by atoms with Gasteiger partial charge in [-0.2, -0.15) is 0 Å². The predicted molar refractivity (Wildman–Crippen MR) is 124 cm³/mol. The van der Waals surface area contributed by atoms with Gasteiger partial charge < -0.3 is 5.11 Å². The Morgan fingerprint density at radius 3 is 2.52 bits per heavy atom. The van der Waals surface area contributed by atoms with Crippen LogP contribution in [0.2, 0.25) is 0 Å². The van der Waals surface area contributed by atoms with E-state index >= 15 is 0 Å². The summed E-state index contributed by atoms with van der Waals surface area (Å²) in [5, 5.41) is 9.49. The summed E-state index contributed by atoms with van der Waals surface area (Å²) in [5.74, 6) is 5.77. The van der Waals surface area contributed by atoms with Gasteiger partial charge in [0.2, 0.25) is 0 Å². The first-order valence-electron chi connectivity index (χ1n) is 13.1. The standard InChI is InChI=1S/C28H48O/c1-19(21(3)18-29)9-10-20(2)24-13-14-25-23-12-11-22-8-6-7-16-27(22,4)26(23)15-17-28(24,25)5/h11,19-21,23-26,29H,6-10,12-18H2,1-5H3/t19?,20-,21?,23+,24-,25+,26+,27+,28-/m1/s1. The first-order valence-corrected chi connectivity index (χ1v) is 13.1.